The van der Waals surface area contributed by atoms with E-state index in [-0.39, 0.29) is 47.9 Å². The van der Waals surface area contributed by atoms with Crippen molar-refractivity contribution in [3.63, 3.8) is 0 Å². The number of fused-ring (bicyclic) bond motifs is 2. The van der Waals surface area contributed by atoms with Crippen molar-refractivity contribution in [3.8, 4) is 0 Å². The smallest absolute Gasteiger partial charge is 0.341 e. The average molecular weight is 509 g/mol. The predicted octanol–water partition coefficient (Wildman–Crippen LogP) is 3.09. The van der Waals surface area contributed by atoms with Gasteiger partial charge in [-0.05, 0) is 57.9 Å². The van der Waals surface area contributed by atoms with Gasteiger partial charge >= 0.3 is 5.97 Å². The van der Waals surface area contributed by atoms with Crippen LogP contribution in [0.15, 0.2) is 59.2 Å². The van der Waals surface area contributed by atoms with Crippen LogP contribution in [0.2, 0.25) is 0 Å². The summed E-state index contributed by atoms with van der Waals surface area (Å²) in [5.74, 6) is -1.33. The zero-order valence-corrected chi connectivity index (χ0v) is 21.6. The van der Waals surface area contributed by atoms with Gasteiger partial charge in [-0.2, -0.15) is 4.99 Å². The average Bonchev–Trinajstić information content (AvgIpc) is 2.86. The molecule has 0 aliphatic heterocycles. The van der Waals surface area contributed by atoms with Gasteiger partial charge in [-0.1, -0.05) is 18.7 Å². The summed E-state index contributed by atoms with van der Waals surface area (Å²) in [7, 11) is 0. The molecule has 10 heteroatoms. The molecule has 0 aromatic carbocycles. The van der Waals surface area contributed by atoms with Gasteiger partial charge in [0.05, 0.1) is 24.4 Å². The number of hydrogen-bond donors (Lipinski definition) is 0. The first-order valence-electron chi connectivity index (χ1n) is 12.1. The van der Waals surface area contributed by atoms with E-state index in [0.29, 0.717) is 24.3 Å². The molecule has 0 aliphatic rings. The highest BCUT2D eigenvalue weighted by molar-refractivity contribution is 5.93. The van der Waals surface area contributed by atoms with Gasteiger partial charge in [0.25, 0.3) is 11.5 Å². The number of hydrogen-bond acceptors (Lipinski definition) is 7. The van der Waals surface area contributed by atoms with E-state index in [2.05, 4.69) is 11.6 Å². The van der Waals surface area contributed by atoms with E-state index in [1.165, 1.54) is 28.9 Å². The van der Waals surface area contributed by atoms with Crippen molar-refractivity contribution in [3.05, 3.63) is 76.4 Å². The van der Waals surface area contributed by atoms with Crippen LogP contribution in [0.5, 0.6) is 0 Å². The Hall–Kier alpha value is -4.05. The van der Waals surface area contributed by atoms with Gasteiger partial charge in [-0.25, -0.2) is 9.78 Å². The molecule has 37 heavy (non-hydrogen) atoms. The van der Waals surface area contributed by atoms with E-state index in [0.717, 1.165) is 5.56 Å². The molecular formula is C27H32N4O6. The lowest BCUT2D eigenvalue weighted by Gasteiger charge is -2.16. The van der Waals surface area contributed by atoms with Crippen molar-refractivity contribution in [2.75, 3.05) is 19.8 Å². The molecule has 0 spiro atoms. The zero-order chi connectivity index (χ0) is 26.9. The SMILES string of the molecule is C=C/C=C/OCC(=O)N=c1c(C(=O)OCC)cc2c(=O)n3cccc(C)c3nc2n1CCCOC(C)C. The second-order valence-electron chi connectivity index (χ2n) is 8.45. The van der Waals surface area contributed by atoms with Crippen LogP contribution in [0.25, 0.3) is 16.7 Å². The number of esters is 1. The molecule has 0 unspecified atom stereocenters. The third kappa shape index (κ3) is 6.59. The van der Waals surface area contributed by atoms with Crippen LogP contribution in [0.4, 0.5) is 0 Å². The number of amides is 1. The van der Waals surface area contributed by atoms with Crippen LogP contribution < -0.4 is 11.0 Å². The lowest BCUT2D eigenvalue weighted by molar-refractivity contribution is -0.120. The lowest BCUT2D eigenvalue weighted by atomic mass is 10.2. The Kier molecular flexibility index (Phi) is 9.51. The molecule has 0 saturated heterocycles. The van der Waals surface area contributed by atoms with E-state index in [1.54, 1.807) is 23.8 Å². The summed E-state index contributed by atoms with van der Waals surface area (Å²) < 4.78 is 19.1. The van der Waals surface area contributed by atoms with Gasteiger partial charge in [0.2, 0.25) is 0 Å². The van der Waals surface area contributed by atoms with Crippen LogP contribution in [0, 0.1) is 6.92 Å². The molecule has 196 valence electrons. The Morgan fingerprint density at radius 1 is 1.27 bits per heavy atom. The van der Waals surface area contributed by atoms with Gasteiger partial charge in [0, 0.05) is 19.3 Å². The Bertz CT molecular complexity index is 1470. The minimum absolute atomic E-state index is 0.0133. The quantitative estimate of drug-likeness (QED) is 0.129. The number of nitrogens with zero attached hydrogens (tertiary/aromatic N) is 4. The van der Waals surface area contributed by atoms with Crippen molar-refractivity contribution < 1.29 is 23.8 Å². The normalized spacial score (nSPS) is 12.1. The summed E-state index contributed by atoms with van der Waals surface area (Å²) in [4.78, 5) is 48.1. The van der Waals surface area contributed by atoms with Crippen LogP contribution in [-0.4, -0.2) is 51.8 Å². The standard InChI is InChI=1S/C27H32N4O6/c1-6-8-14-35-17-22(32)28-25-21(27(34)36-7-2)16-20-24(30(25)13-10-15-37-18(3)4)29-23-19(5)11-9-12-31(23)26(20)33/h6,8-9,11-12,14,16,18H,1,7,10,13,15,17H2,2-5H3/b14-8+,28-25?. The summed E-state index contributed by atoms with van der Waals surface area (Å²) in [6.07, 6.45) is 6.54. The largest absolute Gasteiger partial charge is 0.491 e. The number of carbonyl (C=O) groups excluding carboxylic acids is 2. The third-order valence-electron chi connectivity index (χ3n) is 5.33. The van der Waals surface area contributed by atoms with Crippen LogP contribution in [0.1, 0.15) is 43.1 Å². The first-order valence-corrected chi connectivity index (χ1v) is 12.1. The molecule has 3 aromatic heterocycles. The molecule has 10 nitrogen and oxygen atoms in total. The second kappa shape index (κ2) is 12.8. The Morgan fingerprint density at radius 2 is 2.05 bits per heavy atom. The number of allylic oxidation sites excluding steroid dienone is 2. The van der Waals surface area contributed by atoms with E-state index in [9.17, 15) is 14.4 Å². The van der Waals surface area contributed by atoms with Gasteiger partial charge in [-0.3, -0.25) is 14.0 Å². The summed E-state index contributed by atoms with van der Waals surface area (Å²) in [5.41, 5.74) is 1.24. The van der Waals surface area contributed by atoms with Crippen LogP contribution in [0.3, 0.4) is 0 Å². The summed E-state index contributed by atoms with van der Waals surface area (Å²) in [5, 5.41) is 0.201. The van der Waals surface area contributed by atoms with E-state index < -0.39 is 11.9 Å². The van der Waals surface area contributed by atoms with E-state index in [1.807, 2.05) is 26.8 Å². The molecule has 0 radical (unpaired) electrons. The maximum Gasteiger partial charge on any atom is 0.341 e. The Balaban J connectivity index is 2.32. The Morgan fingerprint density at radius 3 is 2.76 bits per heavy atom. The topological polar surface area (TPSA) is 113 Å². The fourth-order valence-electron chi connectivity index (χ4n) is 3.70. The van der Waals surface area contributed by atoms with Crippen molar-refractivity contribution in [2.24, 2.45) is 4.99 Å². The molecule has 0 fully saturated rings. The summed E-state index contributed by atoms with van der Waals surface area (Å²) in [6.45, 7) is 11.4. The summed E-state index contributed by atoms with van der Waals surface area (Å²) in [6, 6.07) is 5.00. The van der Waals surface area contributed by atoms with Crippen LogP contribution in [-0.2, 0) is 25.5 Å². The first kappa shape index (κ1) is 27.5. The van der Waals surface area contributed by atoms with Gasteiger partial charge in [0.1, 0.15) is 16.9 Å². The zero-order valence-electron chi connectivity index (χ0n) is 21.6. The molecule has 1 amide bonds. The predicted molar refractivity (Wildman–Crippen MR) is 139 cm³/mol. The monoisotopic (exact) mass is 508 g/mol. The lowest BCUT2D eigenvalue weighted by Crippen LogP contribution is -2.33. The van der Waals surface area contributed by atoms with Crippen LogP contribution >= 0.6 is 0 Å². The van der Waals surface area contributed by atoms with Gasteiger partial charge in [-0.15, -0.1) is 0 Å². The fourth-order valence-corrected chi connectivity index (χ4v) is 3.70. The molecule has 0 aliphatic carbocycles. The molecule has 3 rings (SSSR count). The summed E-state index contributed by atoms with van der Waals surface area (Å²) >= 11 is 0. The maximum atomic E-state index is 13.5. The molecule has 3 aromatic rings. The van der Waals surface area contributed by atoms with Gasteiger partial charge in [0.15, 0.2) is 12.1 Å². The van der Waals surface area contributed by atoms with E-state index >= 15 is 0 Å². The van der Waals surface area contributed by atoms with Crippen molar-refractivity contribution in [1.82, 2.24) is 14.0 Å². The number of rotatable bonds is 11. The minimum Gasteiger partial charge on any atom is -0.491 e. The maximum absolute atomic E-state index is 13.5. The minimum atomic E-state index is -0.704. The molecule has 0 saturated carbocycles. The first-order chi connectivity index (χ1) is 17.8. The number of pyridine rings is 2. The number of carbonyl (C=O) groups is 2. The van der Waals surface area contributed by atoms with Crippen molar-refractivity contribution in [1.29, 1.82) is 0 Å². The van der Waals surface area contributed by atoms with Crippen molar-refractivity contribution >= 4 is 28.6 Å². The Labute approximate surface area is 214 Å². The molecule has 0 N–H and O–H groups in total. The number of ether oxygens (including phenoxy) is 3. The third-order valence-corrected chi connectivity index (χ3v) is 5.33. The highest BCUT2D eigenvalue weighted by Crippen LogP contribution is 2.14. The fraction of sp³-hybridized carbons (Fsp3) is 0.370. The molecular weight excluding hydrogens is 476 g/mol. The van der Waals surface area contributed by atoms with E-state index in [4.69, 9.17) is 19.2 Å². The second-order valence-corrected chi connectivity index (χ2v) is 8.45. The van der Waals surface area contributed by atoms with Gasteiger partial charge < -0.3 is 18.8 Å². The van der Waals surface area contributed by atoms with Crippen molar-refractivity contribution in [2.45, 2.75) is 46.8 Å². The molecule has 3 heterocycles. The number of aryl methyl sites for hydroxylation is 2. The highest BCUT2D eigenvalue weighted by Gasteiger charge is 2.20. The molecule has 0 bridgehead atoms. The highest BCUT2D eigenvalue weighted by atomic mass is 16.5. The number of aromatic nitrogens is 3. The molecule has 0 atom stereocenters.